The number of hydrogen-bond acceptors (Lipinski definition) is 3. The molecule has 0 aliphatic heterocycles. The molecular weight excluding hydrogens is 395 g/mol. The molecule has 0 spiro atoms. The zero-order chi connectivity index (χ0) is 21.6. The predicted molar refractivity (Wildman–Crippen MR) is 116 cm³/mol. The molecule has 0 aliphatic carbocycles. The third-order valence-electron chi connectivity index (χ3n) is 5.02. The van der Waals surface area contributed by atoms with Crippen molar-refractivity contribution in [3.8, 4) is 0 Å². The molecule has 4 rings (SSSR count). The standard InChI is InChI=1S/C25H21FN2O3/c26-20-12-10-18(11-13-20)24(29)28-23(25(30)31-16-17-6-2-1-3-7-17)14-19-15-27-22-9-5-4-8-21(19)22/h1-13,15,23,27H,14,16H2,(H,28,29). The van der Waals surface area contributed by atoms with E-state index in [0.29, 0.717) is 0 Å². The second kappa shape index (κ2) is 9.26. The number of fused-ring (bicyclic) bond motifs is 1. The van der Waals surface area contributed by atoms with E-state index in [9.17, 15) is 14.0 Å². The summed E-state index contributed by atoms with van der Waals surface area (Å²) in [5.74, 6) is -1.44. The van der Waals surface area contributed by atoms with E-state index in [-0.39, 0.29) is 18.6 Å². The number of halogens is 1. The number of H-pyrrole nitrogens is 1. The summed E-state index contributed by atoms with van der Waals surface area (Å²) in [5, 5.41) is 3.71. The average Bonchev–Trinajstić information content (AvgIpc) is 3.21. The molecule has 0 bridgehead atoms. The Balaban J connectivity index is 1.54. The van der Waals surface area contributed by atoms with E-state index in [4.69, 9.17) is 4.74 Å². The number of carbonyl (C=O) groups is 2. The van der Waals surface area contributed by atoms with Crippen molar-refractivity contribution in [2.45, 2.75) is 19.1 Å². The Labute approximate surface area is 178 Å². The Morgan fingerprint density at radius 3 is 2.42 bits per heavy atom. The van der Waals surface area contributed by atoms with Crippen LogP contribution in [0.25, 0.3) is 10.9 Å². The molecule has 0 saturated carbocycles. The molecule has 2 N–H and O–H groups in total. The topological polar surface area (TPSA) is 71.2 Å². The third kappa shape index (κ3) is 4.98. The van der Waals surface area contributed by atoms with Crippen LogP contribution in [-0.2, 0) is 22.6 Å². The summed E-state index contributed by atoms with van der Waals surface area (Å²) in [6.07, 6.45) is 2.08. The largest absolute Gasteiger partial charge is 0.459 e. The maximum atomic E-state index is 13.2. The number of amides is 1. The van der Waals surface area contributed by atoms with Crippen molar-refractivity contribution >= 4 is 22.8 Å². The molecule has 156 valence electrons. The monoisotopic (exact) mass is 416 g/mol. The quantitative estimate of drug-likeness (QED) is 0.439. The highest BCUT2D eigenvalue weighted by molar-refractivity contribution is 5.97. The van der Waals surface area contributed by atoms with Crippen molar-refractivity contribution in [1.82, 2.24) is 10.3 Å². The van der Waals surface area contributed by atoms with Crippen molar-refractivity contribution in [2.75, 3.05) is 0 Å². The normalized spacial score (nSPS) is 11.8. The molecule has 3 aromatic carbocycles. The van der Waals surface area contributed by atoms with Crippen LogP contribution in [0.4, 0.5) is 4.39 Å². The number of aromatic amines is 1. The Kier molecular flexibility index (Phi) is 6.08. The summed E-state index contributed by atoms with van der Waals surface area (Å²) in [6.45, 7) is 0.108. The zero-order valence-corrected chi connectivity index (χ0v) is 16.7. The van der Waals surface area contributed by atoms with Gasteiger partial charge >= 0.3 is 5.97 Å². The molecule has 1 amide bonds. The lowest BCUT2D eigenvalue weighted by atomic mass is 10.0. The van der Waals surface area contributed by atoms with Crippen molar-refractivity contribution in [3.63, 3.8) is 0 Å². The molecule has 31 heavy (non-hydrogen) atoms. The fourth-order valence-corrected chi connectivity index (χ4v) is 3.39. The minimum Gasteiger partial charge on any atom is -0.459 e. The van der Waals surface area contributed by atoms with E-state index in [1.165, 1.54) is 24.3 Å². The molecule has 1 aromatic heterocycles. The molecule has 1 atom stereocenters. The van der Waals surface area contributed by atoms with Gasteiger partial charge < -0.3 is 15.0 Å². The van der Waals surface area contributed by atoms with Gasteiger partial charge in [-0.3, -0.25) is 4.79 Å². The Morgan fingerprint density at radius 2 is 1.65 bits per heavy atom. The van der Waals surface area contributed by atoms with Crippen LogP contribution in [0.5, 0.6) is 0 Å². The van der Waals surface area contributed by atoms with Crippen LogP contribution in [0.1, 0.15) is 21.5 Å². The van der Waals surface area contributed by atoms with E-state index in [0.717, 1.165) is 22.0 Å². The fourth-order valence-electron chi connectivity index (χ4n) is 3.39. The molecule has 5 nitrogen and oxygen atoms in total. The van der Waals surface area contributed by atoms with Crippen molar-refractivity contribution in [1.29, 1.82) is 0 Å². The lowest BCUT2D eigenvalue weighted by Crippen LogP contribution is -2.43. The highest BCUT2D eigenvalue weighted by Gasteiger charge is 2.25. The highest BCUT2D eigenvalue weighted by Crippen LogP contribution is 2.20. The molecular formula is C25H21FN2O3. The molecule has 1 unspecified atom stereocenters. The molecule has 6 heteroatoms. The maximum absolute atomic E-state index is 13.2. The minimum absolute atomic E-state index is 0.108. The zero-order valence-electron chi connectivity index (χ0n) is 16.7. The summed E-state index contributed by atoms with van der Waals surface area (Å²) in [6, 6.07) is 21.3. The Bertz CT molecular complexity index is 1190. The summed E-state index contributed by atoms with van der Waals surface area (Å²) in [4.78, 5) is 28.8. The second-order valence-corrected chi connectivity index (χ2v) is 7.19. The van der Waals surface area contributed by atoms with Gasteiger partial charge in [0.1, 0.15) is 18.5 Å². The van der Waals surface area contributed by atoms with E-state index in [2.05, 4.69) is 10.3 Å². The summed E-state index contributed by atoms with van der Waals surface area (Å²) < 4.78 is 18.7. The van der Waals surface area contributed by atoms with Crippen LogP contribution >= 0.6 is 0 Å². The Hall–Kier alpha value is -3.93. The first kappa shape index (κ1) is 20.3. The first-order valence-electron chi connectivity index (χ1n) is 9.92. The van der Waals surface area contributed by atoms with Gasteiger partial charge in [-0.05, 0) is 41.5 Å². The van der Waals surface area contributed by atoms with Crippen LogP contribution in [0.15, 0.2) is 85.1 Å². The van der Waals surface area contributed by atoms with Crippen LogP contribution < -0.4 is 5.32 Å². The van der Waals surface area contributed by atoms with Crippen molar-refractivity contribution in [3.05, 3.63) is 108 Å². The number of nitrogens with one attached hydrogen (secondary N) is 2. The van der Waals surface area contributed by atoms with Crippen LogP contribution in [0.2, 0.25) is 0 Å². The number of hydrogen-bond donors (Lipinski definition) is 2. The van der Waals surface area contributed by atoms with E-state index < -0.39 is 23.7 Å². The van der Waals surface area contributed by atoms with Crippen molar-refractivity contribution < 1.29 is 18.7 Å². The van der Waals surface area contributed by atoms with Gasteiger partial charge in [0, 0.05) is 29.1 Å². The average molecular weight is 416 g/mol. The van der Waals surface area contributed by atoms with Gasteiger partial charge in [-0.25, -0.2) is 9.18 Å². The lowest BCUT2D eigenvalue weighted by Gasteiger charge is -2.18. The number of benzene rings is 3. The first-order valence-corrected chi connectivity index (χ1v) is 9.92. The number of aromatic nitrogens is 1. The van der Waals surface area contributed by atoms with Gasteiger partial charge in [0.25, 0.3) is 5.91 Å². The molecule has 0 saturated heterocycles. The molecule has 1 heterocycles. The van der Waals surface area contributed by atoms with Gasteiger partial charge in [-0.15, -0.1) is 0 Å². The number of rotatable bonds is 7. The molecule has 0 aliphatic rings. The number of carbonyl (C=O) groups excluding carboxylic acids is 2. The highest BCUT2D eigenvalue weighted by atomic mass is 19.1. The molecule has 4 aromatic rings. The number of esters is 1. The number of ether oxygens (including phenoxy) is 1. The van der Waals surface area contributed by atoms with Crippen LogP contribution in [0.3, 0.4) is 0 Å². The third-order valence-corrected chi connectivity index (χ3v) is 5.02. The van der Waals surface area contributed by atoms with Gasteiger partial charge in [0.15, 0.2) is 0 Å². The maximum Gasteiger partial charge on any atom is 0.329 e. The summed E-state index contributed by atoms with van der Waals surface area (Å²) in [7, 11) is 0. The molecule has 0 fully saturated rings. The van der Waals surface area contributed by atoms with Crippen LogP contribution in [-0.4, -0.2) is 22.9 Å². The lowest BCUT2D eigenvalue weighted by molar-refractivity contribution is -0.147. The van der Waals surface area contributed by atoms with Crippen molar-refractivity contribution in [2.24, 2.45) is 0 Å². The van der Waals surface area contributed by atoms with E-state index in [1.807, 2.05) is 60.8 Å². The SMILES string of the molecule is O=C(NC(Cc1c[nH]c2ccccc12)C(=O)OCc1ccccc1)c1ccc(F)cc1. The summed E-state index contributed by atoms with van der Waals surface area (Å²) >= 11 is 0. The second-order valence-electron chi connectivity index (χ2n) is 7.19. The van der Waals surface area contributed by atoms with Gasteiger partial charge in [0.05, 0.1) is 0 Å². The van der Waals surface area contributed by atoms with E-state index in [1.54, 1.807) is 0 Å². The number of para-hydroxylation sites is 1. The van der Waals surface area contributed by atoms with E-state index >= 15 is 0 Å². The predicted octanol–water partition coefficient (Wildman–Crippen LogP) is 4.39. The van der Waals surface area contributed by atoms with Gasteiger partial charge in [-0.1, -0.05) is 48.5 Å². The Morgan fingerprint density at radius 1 is 0.935 bits per heavy atom. The first-order chi connectivity index (χ1) is 15.1. The van der Waals surface area contributed by atoms with Crippen LogP contribution in [0, 0.1) is 5.82 Å². The summed E-state index contributed by atoms with van der Waals surface area (Å²) in [5.41, 5.74) is 2.95. The smallest absolute Gasteiger partial charge is 0.329 e. The van der Waals surface area contributed by atoms with Gasteiger partial charge in [-0.2, -0.15) is 0 Å². The minimum atomic E-state index is -0.902. The molecule has 0 radical (unpaired) electrons. The van der Waals surface area contributed by atoms with Gasteiger partial charge in [0.2, 0.25) is 0 Å². The fraction of sp³-hybridized carbons (Fsp3) is 0.120.